The third-order valence-corrected chi connectivity index (χ3v) is 5.15. The maximum absolute atomic E-state index is 14.3. The quantitative estimate of drug-likeness (QED) is 0.376. The van der Waals surface area contributed by atoms with Crippen LogP contribution in [0.4, 0.5) is 22.0 Å². The first-order valence-corrected chi connectivity index (χ1v) is 9.73. The summed E-state index contributed by atoms with van der Waals surface area (Å²) >= 11 is 0. The summed E-state index contributed by atoms with van der Waals surface area (Å²) in [7, 11) is -4.45. The van der Waals surface area contributed by atoms with Crippen LogP contribution in [0.15, 0.2) is 29.2 Å². The second-order valence-corrected chi connectivity index (χ2v) is 7.80. The molecule has 3 nitrogen and oxygen atoms in total. The fourth-order valence-corrected chi connectivity index (χ4v) is 3.44. The number of rotatable bonds is 10. The maximum Gasteiger partial charge on any atom is 0.389 e. The third-order valence-electron chi connectivity index (χ3n) is 3.81. The molecule has 0 saturated carbocycles. The van der Waals surface area contributed by atoms with E-state index in [1.54, 1.807) is 13.8 Å². The largest absolute Gasteiger partial charge is 0.389 e. The summed E-state index contributed by atoms with van der Waals surface area (Å²) < 4.78 is 94.5. The van der Waals surface area contributed by atoms with E-state index in [0.29, 0.717) is 6.42 Å². The number of hydrogen-bond donors (Lipinski definition) is 0. The number of hydrogen-bond acceptors (Lipinski definition) is 3. The van der Waals surface area contributed by atoms with Crippen molar-refractivity contribution in [1.29, 1.82) is 0 Å². The van der Waals surface area contributed by atoms with Crippen LogP contribution in [0.5, 0.6) is 0 Å². The Labute approximate surface area is 150 Å². The van der Waals surface area contributed by atoms with Gasteiger partial charge in [0.1, 0.15) is 6.10 Å². The molecule has 1 aromatic rings. The summed E-state index contributed by atoms with van der Waals surface area (Å²) in [6.45, 7) is 3.46. The number of benzene rings is 1. The number of halogens is 5. The van der Waals surface area contributed by atoms with Crippen molar-refractivity contribution in [2.24, 2.45) is 0 Å². The van der Waals surface area contributed by atoms with Crippen LogP contribution < -0.4 is 0 Å². The molecule has 1 aromatic carbocycles. The summed E-state index contributed by atoms with van der Waals surface area (Å²) in [6, 6.07) is 5.48. The zero-order valence-corrected chi connectivity index (χ0v) is 15.5. The van der Waals surface area contributed by atoms with Gasteiger partial charge in [-0.05, 0) is 31.9 Å². The van der Waals surface area contributed by atoms with Crippen LogP contribution in [-0.2, 0) is 14.3 Å². The van der Waals surface area contributed by atoms with Crippen LogP contribution in [0.2, 0.25) is 0 Å². The van der Waals surface area contributed by atoms with Crippen LogP contribution in [0.1, 0.15) is 51.0 Å². The Morgan fingerprint density at radius 1 is 1.00 bits per heavy atom. The fourth-order valence-electron chi connectivity index (χ4n) is 2.32. The Morgan fingerprint density at radius 3 is 2.08 bits per heavy atom. The lowest BCUT2D eigenvalue weighted by molar-refractivity contribution is -0.145. The van der Waals surface area contributed by atoms with E-state index in [1.165, 1.54) is 24.3 Å². The second kappa shape index (κ2) is 9.12. The van der Waals surface area contributed by atoms with E-state index in [1.807, 2.05) is 0 Å². The molecule has 0 aliphatic heterocycles. The van der Waals surface area contributed by atoms with E-state index in [-0.39, 0.29) is 17.7 Å². The molecule has 1 unspecified atom stereocenters. The highest BCUT2D eigenvalue weighted by Crippen LogP contribution is 2.35. The van der Waals surface area contributed by atoms with Gasteiger partial charge in [0.05, 0.1) is 4.90 Å². The molecule has 0 radical (unpaired) electrons. The lowest BCUT2D eigenvalue weighted by atomic mass is 10.0. The van der Waals surface area contributed by atoms with Crippen molar-refractivity contribution in [3.63, 3.8) is 0 Å². The number of unbranched alkanes of at least 4 members (excludes halogenated alkanes) is 1. The molecule has 0 N–H and O–H groups in total. The summed E-state index contributed by atoms with van der Waals surface area (Å²) in [6.07, 6.45) is -9.26. The Hall–Kier alpha value is -1.22. The summed E-state index contributed by atoms with van der Waals surface area (Å²) in [4.78, 5) is -0.268. The van der Waals surface area contributed by atoms with Crippen molar-refractivity contribution in [3.05, 3.63) is 29.8 Å². The summed E-state index contributed by atoms with van der Waals surface area (Å²) in [5, 5.41) is 0. The van der Waals surface area contributed by atoms with Gasteiger partial charge < -0.3 is 0 Å². The number of alkyl halides is 5. The minimum absolute atomic E-state index is 0.263. The van der Waals surface area contributed by atoms with Crippen molar-refractivity contribution in [3.8, 4) is 0 Å². The van der Waals surface area contributed by atoms with Gasteiger partial charge in [-0.15, -0.1) is 0 Å². The predicted octanol–water partition coefficient (Wildman–Crippen LogP) is 5.63. The third kappa shape index (κ3) is 7.57. The Bertz CT molecular complexity index is 654. The zero-order valence-electron chi connectivity index (χ0n) is 14.7. The van der Waals surface area contributed by atoms with E-state index in [9.17, 15) is 30.4 Å². The van der Waals surface area contributed by atoms with Gasteiger partial charge in [-0.2, -0.15) is 21.6 Å². The molecular formula is C17H23F5O3S. The van der Waals surface area contributed by atoms with Gasteiger partial charge in [-0.25, -0.2) is 8.78 Å². The standard InChI is InChI=1S/C17H23F5O3S/c1-3-4-6-15(16(18,19)11-5-12-17(20,21)22)25-26(23,24)14-9-7-13(2)8-10-14/h7-10,15H,3-6,11-12H2,1-2H3. The molecule has 0 aliphatic carbocycles. The Balaban J connectivity index is 2.92. The molecule has 1 rings (SSSR count). The molecule has 1 atom stereocenters. The summed E-state index contributed by atoms with van der Waals surface area (Å²) in [5.41, 5.74) is 0.781. The highest BCUT2D eigenvalue weighted by molar-refractivity contribution is 7.86. The summed E-state index contributed by atoms with van der Waals surface area (Å²) in [5.74, 6) is -3.68. The zero-order chi connectivity index (χ0) is 20.0. The smallest absolute Gasteiger partial charge is 0.257 e. The SMILES string of the molecule is CCCCC(OS(=O)(=O)c1ccc(C)cc1)C(F)(F)CCCC(F)(F)F. The predicted molar refractivity (Wildman–Crippen MR) is 87.6 cm³/mol. The van der Waals surface area contributed by atoms with Crippen molar-refractivity contribution >= 4 is 10.1 Å². The van der Waals surface area contributed by atoms with E-state index >= 15 is 0 Å². The molecule has 26 heavy (non-hydrogen) atoms. The van der Waals surface area contributed by atoms with Crippen LogP contribution in [-0.4, -0.2) is 26.6 Å². The first-order chi connectivity index (χ1) is 11.9. The molecule has 0 fully saturated rings. The molecule has 0 aliphatic rings. The first-order valence-electron chi connectivity index (χ1n) is 8.32. The monoisotopic (exact) mass is 402 g/mol. The lowest BCUT2D eigenvalue weighted by Crippen LogP contribution is -2.38. The van der Waals surface area contributed by atoms with Crippen molar-refractivity contribution < 1.29 is 34.6 Å². The fraction of sp³-hybridized carbons (Fsp3) is 0.647. The van der Waals surface area contributed by atoms with Crippen LogP contribution in [0, 0.1) is 6.92 Å². The van der Waals surface area contributed by atoms with Gasteiger partial charge in [0.25, 0.3) is 16.0 Å². The van der Waals surface area contributed by atoms with Crippen molar-refractivity contribution in [2.75, 3.05) is 0 Å². The number of aryl methyl sites for hydroxylation is 1. The molecule has 0 amide bonds. The second-order valence-electron chi connectivity index (χ2n) is 6.22. The van der Waals surface area contributed by atoms with Gasteiger partial charge in [0, 0.05) is 12.8 Å². The molecule has 0 saturated heterocycles. The minimum atomic E-state index is -4.54. The normalized spacial score (nSPS) is 14.4. The van der Waals surface area contributed by atoms with Gasteiger partial charge in [-0.3, -0.25) is 4.18 Å². The molecule has 0 bridgehead atoms. The maximum atomic E-state index is 14.3. The molecule has 0 aromatic heterocycles. The molecular weight excluding hydrogens is 379 g/mol. The van der Waals surface area contributed by atoms with Crippen molar-refractivity contribution in [1.82, 2.24) is 0 Å². The van der Waals surface area contributed by atoms with Crippen LogP contribution in [0.25, 0.3) is 0 Å². The highest BCUT2D eigenvalue weighted by Gasteiger charge is 2.43. The molecule has 9 heteroatoms. The van der Waals surface area contributed by atoms with Crippen LogP contribution in [0.3, 0.4) is 0 Å². The van der Waals surface area contributed by atoms with E-state index in [2.05, 4.69) is 0 Å². The lowest BCUT2D eigenvalue weighted by Gasteiger charge is -2.26. The molecule has 0 spiro atoms. The Kier molecular flexibility index (Phi) is 8.01. The van der Waals surface area contributed by atoms with Gasteiger partial charge in [-0.1, -0.05) is 37.5 Å². The molecule has 150 valence electrons. The minimum Gasteiger partial charge on any atom is -0.257 e. The molecule has 0 heterocycles. The topological polar surface area (TPSA) is 43.4 Å². The van der Waals surface area contributed by atoms with Gasteiger partial charge in [0.2, 0.25) is 0 Å². The van der Waals surface area contributed by atoms with Gasteiger partial charge in [0.15, 0.2) is 0 Å². The average Bonchev–Trinajstić information content (AvgIpc) is 2.50. The average molecular weight is 402 g/mol. The Morgan fingerprint density at radius 2 is 1.58 bits per heavy atom. The van der Waals surface area contributed by atoms with Crippen molar-refractivity contribution in [2.45, 2.75) is 75.5 Å². The van der Waals surface area contributed by atoms with E-state index < -0.39 is 47.6 Å². The highest BCUT2D eigenvalue weighted by atomic mass is 32.2. The van der Waals surface area contributed by atoms with E-state index in [4.69, 9.17) is 4.18 Å². The van der Waals surface area contributed by atoms with E-state index in [0.717, 1.165) is 5.56 Å². The first kappa shape index (κ1) is 22.8. The van der Waals surface area contributed by atoms with Gasteiger partial charge >= 0.3 is 6.18 Å². The van der Waals surface area contributed by atoms with Crippen LogP contribution >= 0.6 is 0 Å².